The van der Waals surface area contributed by atoms with Gasteiger partial charge in [-0.05, 0) is 30.7 Å². The van der Waals surface area contributed by atoms with Crippen LogP contribution < -0.4 is 4.72 Å². The van der Waals surface area contributed by atoms with Crippen LogP contribution in [-0.4, -0.2) is 57.9 Å². The third-order valence-corrected chi connectivity index (χ3v) is 10.2. The molecule has 2 heterocycles. The Morgan fingerprint density at radius 3 is 2.50 bits per heavy atom. The second-order valence-electron chi connectivity index (χ2n) is 9.28. The van der Waals surface area contributed by atoms with Crippen molar-refractivity contribution in [3.8, 4) is 16.4 Å². The molecule has 0 fully saturated rings. The first-order valence-electron chi connectivity index (χ1n) is 12.0. The normalized spacial score (nSPS) is 11.9. The molecule has 40 heavy (non-hydrogen) atoms. The summed E-state index contributed by atoms with van der Waals surface area (Å²) >= 11 is 15.3. The van der Waals surface area contributed by atoms with Gasteiger partial charge in [0.1, 0.15) is 0 Å². The lowest BCUT2D eigenvalue weighted by atomic mass is 10.0. The average Bonchev–Trinajstić information content (AvgIpc) is 3.42. The maximum absolute atomic E-state index is 12.6. The van der Waals surface area contributed by atoms with E-state index in [4.69, 9.17) is 28.2 Å². The van der Waals surface area contributed by atoms with Crippen LogP contribution >= 0.6 is 46.3 Å². The minimum Gasteiger partial charge on any atom is -0.476 e. The molecule has 0 saturated carbocycles. The number of carbonyl (C=O) groups is 1. The minimum absolute atomic E-state index is 0.0432. The largest absolute Gasteiger partial charge is 0.476 e. The number of aromatic nitrogens is 3. The van der Waals surface area contributed by atoms with Gasteiger partial charge in [-0.3, -0.25) is 4.72 Å². The minimum atomic E-state index is -3.77. The van der Waals surface area contributed by atoms with Crippen molar-refractivity contribution in [1.29, 1.82) is 0 Å². The summed E-state index contributed by atoms with van der Waals surface area (Å²) in [4.78, 5) is 17.4. The van der Waals surface area contributed by atoms with Crippen LogP contribution in [0.1, 0.15) is 41.2 Å². The van der Waals surface area contributed by atoms with E-state index in [0.717, 1.165) is 14.1 Å². The lowest BCUT2D eigenvalue weighted by Gasteiger charge is -2.16. The summed E-state index contributed by atoms with van der Waals surface area (Å²) in [6, 6.07) is 12.1. The van der Waals surface area contributed by atoms with Crippen LogP contribution in [0.4, 0.5) is 5.69 Å². The lowest BCUT2D eigenvalue weighted by molar-refractivity contribution is 0.0686. The van der Waals surface area contributed by atoms with Crippen molar-refractivity contribution < 1.29 is 18.3 Å². The van der Waals surface area contributed by atoms with Gasteiger partial charge in [-0.25, -0.2) is 9.78 Å². The van der Waals surface area contributed by atoms with E-state index in [2.05, 4.69) is 23.7 Å². The number of aromatic carboxylic acids is 1. The third-order valence-electron chi connectivity index (χ3n) is 5.79. The van der Waals surface area contributed by atoms with Crippen molar-refractivity contribution in [2.24, 2.45) is 0 Å². The van der Waals surface area contributed by atoms with Gasteiger partial charge < -0.3 is 5.11 Å². The summed E-state index contributed by atoms with van der Waals surface area (Å²) in [7, 11) is -0.918. The molecular weight excluding hydrogens is 613 g/mol. The molecule has 4 aromatic rings. The molecule has 0 aliphatic heterocycles. The molecule has 0 saturated heterocycles. The van der Waals surface area contributed by atoms with Crippen LogP contribution in [0.2, 0.25) is 10.0 Å². The second-order valence-corrected chi connectivity index (χ2v) is 14.8. The number of thiazole rings is 1. The highest BCUT2D eigenvalue weighted by molar-refractivity contribution is 8.01. The molecule has 0 unspecified atom stereocenters. The molecule has 2 aromatic heterocycles. The number of thioether (sulfide) groups is 1. The summed E-state index contributed by atoms with van der Waals surface area (Å²) in [6.45, 7) is 5.84. The van der Waals surface area contributed by atoms with E-state index in [-0.39, 0.29) is 17.4 Å². The molecular formula is C26H27Cl2N5O4S3. The van der Waals surface area contributed by atoms with Crippen LogP contribution in [0.25, 0.3) is 16.4 Å². The first kappa shape index (κ1) is 30.4. The van der Waals surface area contributed by atoms with Gasteiger partial charge >= 0.3 is 16.2 Å². The number of carboxylic acids is 1. The number of anilines is 1. The Balaban J connectivity index is 1.82. The van der Waals surface area contributed by atoms with Gasteiger partial charge in [0.2, 0.25) is 5.13 Å². The summed E-state index contributed by atoms with van der Waals surface area (Å²) in [5, 5.41) is 16.3. The lowest BCUT2D eigenvalue weighted by Crippen LogP contribution is -2.29. The van der Waals surface area contributed by atoms with Crippen molar-refractivity contribution >= 4 is 68.2 Å². The fourth-order valence-corrected chi connectivity index (χ4v) is 7.27. The van der Waals surface area contributed by atoms with Crippen LogP contribution in [0.5, 0.6) is 0 Å². The van der Waals surface area contributed by atoms with Crippen LogP contribution in [-0.2, 0) is 16.6 Å². The van der Waals surface area contributed by atoms with Crippen molar-refractivity contribution in [3.63, 3.8) is 0 Å². The Kier molecular flexibility index (Phi) is 9.18. The molecule has 14 heteroatoms. The van der Waals surface area contributed by atoms with Gasteiger partial charge in [-0.15, -0.1) is 11.8 Å². The van der Waals surface area contributed by atoms with E-state index < -0.39 is 16.2 Å². The Hall–Kier alpha value is -2.61. The number of hydrogen-bond donors (Lipinski definition) is 2. The molecule has 0 spiro atoms. The van der Waals surface area contributed by atoms with Gasteiger partial charge in [0.15, 0.2) is 5.69 Å². The standard InChI is InChI=1S/C26H27Cl2N5O4S3/c1-14(2)38-25-22(17-10-11-19(27)20(28)13-17)29-26(39-25)33-23(24(34)35)18(15(3)30-33)12-16-8-6-7-9-21(16)31-40(36,37)32(4)5/h6-11,13-14,31H,12H2,1-5H3,(H,34,35). The molecule has 0 amide bonds. The molecule has 0 radical (unpaired) electrons. The SMILES string of the molecule is Cc1nn(-c2nc(-c3ccc(Cl)c(Cl)c3)c(SC(C)C)s2)c(C(=O)O)c1Cc1ccccc1NS(=O)(=O)N(C)C. The number of halogens is 2. The number of para-hydroxylation sites is 1. The molecule has 9 nitrogen and oxygen atoms in total. The zero-order valence-corrected chi connectivity index (χ0v) is 26.2. The smallest absolute Gasteiger partial charge is 0.355 e. The Morgan fingerprint density at radius 1 is 1.18 bits per heavy atom. The summed E-state index contributed by atoms with van der Waals surface area (Å²) in [6.07, 6.45) is 0.137. The summed E-state index contributed by atoms with van der Waals surface area (Å²) < 4.78 is 30.8. The Morgan fingerprint density at radius 2 is 1.88 bits per heavy atom. The molecule has 0 aliphatic rings. The monoisotopic (exact) mass is 639 g/mol. The number of aryl methyl sites for hydroxylation is 1. The molecule has 2 aromatic carbocycles. The zero-order valence-electron chi connectivity index (χ0n) is 22.3. The van der Waals surface area contributed by atoms with Crippen LogP contribution in [0.15, 0.2) is 46.7 Å². The summed E-state index contributed by atoms with van der Waals surface area (Å²) in [5.41, 5.74) is 3.27. The van der Waals surface area contributed by atoms with E-state index in [9.17, 15) is 18.3 Å². The molecule has 0 atom stereocenters. The first-order valence-corrected chi connectivity index (χ1v) is 15.9. The van der Waals surface area contributed by atoms with E-state index >= 15 is 0 Å². The second kappa shape index (κ2) is 12.1. The van der Waals surface area contributed by atoms with Crippen molar-refractivity contribution in [1.82, 2.24) is 19.1 Å². The van der Waals surface area contributed by atoms with Crippen molar-refractivity contribution in [3.05, 3.63) is 75.0 Å². The number of carboxylic acid groups (broad SMARTS) is 1. The predicted molar refractivity (Wildman–Crippen MR) is 163 cm³/mol. The third kappa shape index (κ3) is 6.48. The molecule has 4 rings (SSSR count). The average molecular weight is 641 g/mol. The van der Waals surface area contributed by atoms with E-state index in [0.29, 0.717) is 43.4 Å². The topological polar surface area (TPSA) is 117 Å². The van der Waals surface area contributed by atoms with Gasteiger partial charge in [-0.1, -0.05) is 72.7 Å². The van der Waals surface area contributed by atoms with E-state index in [1.54, 1.807) is 55.1 Å². The van der Waals surface area contributed by atoms with E-state index in [1.165, 1.54) is 30.1 Å². The molecule has 0 bridgehead atoms. The quantitative estimate of drug-likeness (QED) is 0.187. The fraction of sp³-hybridized carbons (Fsp3) is 0.269. The Bertz CT molecular complexity index is 1680. The maximum Gasteiger partial charge on any atom is 0.355 e. The molecule has 0 aliphatic carbocycles. The van der Waals surface area contributed by atoms with Crippen molar-refractivity contribution in [2.45, 2.75) is 36.7 Å². The van der Waals surface area contributed by atoms with Crippen molar-refractivity contribution in [2.75, 3.05) is 18.8 Å². The number of nitrogens with one attached hydrogen (secondary N) is 1. The van der Waals surface area contributed by atoms with Gasteiger partial charge in [-0.2, -0.15) is 22.5 Å². The number of benzene rings is 2. The fourth-order valence-electron chi connectivity index (χ4n) is 3.83. The predicted octanol–water partition coefficient (Wildman–Crippen LogP) is 6.62. The van der Waals surface area contributed by atoms with Gasteiger partial charge in [0, 0.05) is 36.9 Å². The van der Waals surface area contributed by atoms with Gasteiger partial charge in [0.25, 0.3) is 0 Å². The number of rotatable bonds is 10. The summed E-state index contributed by atoms with van der Waals surface area (Å²) in [5.74, 6) is -1.17. The highest BCUT2D eigenvalue weighted by Gasteiger charge is 2.27. The maximum atomic E-state index is 12.6. The highest BCUT2D eigenvalue weighted by atomic mass is 35.5. The van der Waals surface area contributed by atoms with Gasteiger partial charge in [0.05, 0.1) is 31.3 Å². The zero-order chi connectivity index (χ0) is 29.4. The molecule has 2 N–H and O–H groups in total. The first-order chi connectivity index (χ1) is 18.8. The number of nitrogens with zero attached hydrogens (tertiary/aromatic N) is 4. The van der Waals surface area contributed by atoms with Crippen LogP contribution in [0.3, 0.4) is 0 Å². The number of hydrogen-bond acceptors (Lipinski definition) is 7. The van der Waals surface area contributed by atoms with Crippen LogP contribution in [0, 0.1) is 6.92 Å². The molecule has 212 valence electrons. The Labute approximate surface area is 251 Å². The highest BCUT2D eigenvalue weighted by Crippen LogP contribution is 2.41. The van der Waals surface area contributed by atoms with E-state index in [1.807, 2.05) is 6.07 Å².